The smallest absolute Gasteiger partial charge is 0.242 e. The van der Waals surface area contributed by atoms with E-state index in [1.807, 2.05) is 0 Å². The summed E-state index contributed by atoms with van der Waals surface area (Å²) in [5.41, 5.74) is -0.465. The number of amides is 5. The Labute approximate surface area is 200 Å². The summed E-state index contributed by atoms with van der Waals surface area (Å²) in [4.78, 5) is 64.4. The summed E-state index contributed by atoms with van der Waals surface area (Å²) < 4.78 is 0. The minimum atomic E-state index is -1.01. The largest absolute Gasteiger partial charge is 0.487 e. The van der Waals surface area contributed by atoms with E-state index in [0.717, 1.165) is 0 Å². The molecular formula is C18H26N6O5Y-2. The van der Waals surface area contributed by atoms with Crippen LogP contribution in [0.15, 0.2) is 10.7 Å². The molecule has 1 radical (unpaired) electrons. The maximum atomic E-state index is 12.2. The average Bonchev–Trinajstić information content (AvgIpc) is 2.64. The number of nitrogens with zero attached hydrogens (tertiary/aromatic N) is 1. The van der Waals surface area contributed by atoms with Gasteiger partial charge in [-0.2, -0.15) is 6.21 Å². The van der Waals surface area contributed by atoms with Crippen LogP contribution in [0.1, 0.15) is 34.6 Å². The molecule has 1 rings (SSSR count). The first-order valence-electron chi connectivity index (χ1n) is 9.03. The van der Waals surface area contributed by atoms with Gasteiger partial charge < -0.3 is 42.9 Å². The number of carbonyl (C=O) groups excluding carboxylic acids is 5. The van der Waals surface area contributed by atoms with Crippen molar-refractivity contribution in [3.63, 3.8) is 0 Å². The Hall–Kier alpha value is -2.14. The molecule has 1 heterocycles. The molecule has 0 aromatic heterocycles. The molecule has 30 heavy (non-hydrogen) atoms. The van der Waals surface area contributed by atoms with Crippen LogP contribution in [0, 0.1) is 6.58 Å². The molecular weight excluding hydrogens is 469 g/mol. The predicted octanol–water partition coefficient (Wildman–Crippen LogP) is -2.21. The molecule has 0 saturated carbocycles. The van der Waals surface area contributed by atoms with Gasteiger partial charge in [-0.25, -0.2) is 5.70 Å². The molecule has 5 atom stereocenters. The van der Waals surface area contributed by atoms with E-state index >= 15 is 0 Å². The molecule has 5 unspecified atom stereocenters. The molecule has 0 fully saturated rings. The van der Waals surface area contributed by atoms with Crippen LogP contribution in [0.3, 0.4) is 0 Å². The van der Waals surface area contributed by atoms with Crippen LogP contribution in [0.5, 0.6) is 0 Å². The zero-order chi connectivity index (χ0) is 22.3. The third-order valence-corrected chi connectivity index (χ3v) is 3.97. The number of hydrogen-bond donors (Lipinski definition) is 5. The fraction of sp³-hybridized carbons (Fsp3) is 0.556. The van der Waals surface area contributed by atoms with Gasteiger partial charge in [-0.05, 0) is 33.7 Å². The molecule has 5 amide bonds. The molecule has 0 bridgehead atoms. The van der Waals surface area contributed by atoms with Crippen LogP contribution in [0.4, 0.5) is 0 Å². The van der Waals surface area contributed by atoms with Crippen LogP contribution in [0.2, 0.25) is 0 Å². The van der Waals surface area contributed by atoms with Crippen LogP contribution in [0.25, 0.3) is 0 Å². The average molecular weight is 495 g/mol. The van der Waals surface area contributed by atoms with Gasteiger partial charge in [0.25, 0.3) is 0 Å². The Morgan fingerprint density at radius 3 is 1.40 bits per heavy atom. The molecule has 11 nitrogen and oxygen atoms in total. The summed E-state index contributed by atoms with van der Waals surface area (Å²) in [7, 11) is 0. The maximum absolute atomic E-state index is 12.2. The molecule has 0 aromatic carbocycles. The number of aliphatic imine (C=N–C) groups is 1. The Balaban J connectivity index is 0.00000841. The van der Waals surface area contributed by atoms with Crippen molar-refractivity contribution in [2.75, 3.05) is 0 Å². The van der Waals surface area contributed by atoms with Gasteiger partial charge in [0.05, 0.1) is 6.04 Å². The van der Waals surface area contributed by atoms with Crippen molar-refractivity contribution in [1.82, 2.24) is 26.6 Å². The van der Waals surface area contributed by atoms with E-state index in [1.165, 1.54) is 27.7 Å². The SMILES string of the molecule is [CH-]=C1N=[C-]C(C)NC(=O)C(C)NC(=O)C(C)NC(=O)C(C)NC(=O)C(C)NC1=O.[Y]. The molecule has 0 saturated heterocycles. The summed E-state index contributed by atoms with van der Waals surface area (Å²) in [6.45, 7) is 12.8. The second-order valence-electron chi connectivity index (χ2n) is 6.74. The van der Waals surface area contributed by atoms with Crippen LogP contribution in [-0.2, 0) is 56.7 Å². The fourth-order valence-electron chi connectivity index (χ4n) is 2.14. The van der Waals surface area contributed by atoms with Gasteiger partial charge in [0, 0.05) is 38.6 Å². The number of nitrogens with one attached hydrogen (secondary N) is 5. The molecule has 0 aliphatic carbocycles. The number of rotatable bonds is 0. The van der Waals surface area contributed by atoms with E-state index in [4.69, 9.17) is 6.58 Å². The summed E-state index contributed by atoms with van der Waals surface area (Å²) in [6.07, 6.45) is 2.48. The normalized spacial score (nSPS) is 29.8. The van der Waals surface area contributed by atoms with Gasteiger partial charge in [0.1, 0.15) is 18.1 Å². The molecule has 163 valence electrons. The van der Waals surface area contributed by atoms with Crippen molar-refractivity contribution >= 4 is 35.8 Å². The third kappa shape index (κ3) is 8.70. The second-order valence-corrected chi connectivity index (χ2v) is 6.74. The fourth-order valence-corrected chi connectivity index (χ4v) is 2.14. The van der Waals surface area contributed by atoms with E-state index in [-0.39, 0.29) is 32.7 Å². The van der Waals surface area contributed by atoms with Crippen molar-refractivity contribution in [1.29, 1.82) is 0 Å². The summed E-state index contributed by atoms with van der Waals surface area (Å²) in [6, 6.07) is -4.57. The molecule has 0 aromatic rings. The molecule has 1 aliphatic heterocycles. The van der Waals surface area contributed by atoms with Crippen LogP contribution < -0.4 is 26.6 Å². The first-order valence-corrected chi connectivity index (χ1v) is 9.03. The van der Waals surface area contributed by atoms with E-state index in [9.17, 15) is 24.0 Å². The summed E-state index contributed by atoms with van der Waals surface area (Å²) in [5, 5.41) is 12.2. The van der Waals surface area contributed by atoms with E-state index in [1.54, 1.807) is 6.92 Å². The molecule has 1 aliphatic rings. The van der Waals surface area contributed by atoms with Crippen LogP contribution >= 0.6 is 0 Å². The van der Waals surface area contributed by atoms with Crippen molar-refractivity contribution in [2.24, 2.45) is 4.99 Å². The van der Waals surface area contributed by atoms with Crippen molar-refractivity contribution in [2.45, 2.75) is 64.8 Å². The Morgan fingerprint density at radius 1 is 0.667 bits per heavy atom. The molecule has 0 spiro atoms. The van der Waals surface area contributed by atoms with E-state index < -0.39 is 65.4 Å². The van der Waals surface area contributed by atoms with Gasteiger partial charge >= 0.3 is 0 Å². The van der Waals surface area contributed by atoms with Crippen molar-refractivity contribution in [3.05, 3.63) is 12.3 Å². The minimum absolute atomic E-state index is 0. The monoisotopic (exact) mass is 495 g/mol. The zero-order valence-corrected chi connectivity index (χ0v) is 20.4. The van der Waals surface area contributed by atoms with Gasteiger partial charge in [0.2, 0.25) is 23.6 Å². The number of hydrogen-bond acceptors (Lipinski definition) is 6. The zero-order valence-electron chi connectivity index (χ0n) is 17.5. The molecule has 5 N–H and O–H groups in total. The van der Waals surface area contributed by atoms with Gasteiger partial charge in [-0.15, -0.1) is 0 Å². The van der Waals surface area contributed by atoms with Gasteiger partial charge in [-0.3, -0.25) is 19.2 Å². The standard InChI is InChI=1S/C18H26N6O5.Y/c1-8-7-19-9(2)14(25)21-11(4)16(27)23-13(6)18(29)24-12(5)17(28)22-10(3)15(26)20-8;/h2,8,10-13H,1,3-6H3,(H,20,26)(H,21,25)(H,22,28)(H,23,27)(H,24,29);/q-2;. The first kappa shape index (κ1) is 27.9. The second kappa shape index (κ2) is 12.5. The minimum Gasteiger partial charge on any atom is -0.487 e. The number of carbonyl (C=O) groups is 5. The van der Waals surface area contributed by atoms with Gasteiger partial charge in [-0.1, -0.05) is 6.92 Å². The Morgan fingerprint density at radius 2 is 1.00 bits per heavy atom. The quantitative estimate of drug-likeness (QED) is 0.190. The summed E-state index contributed by atoms with van der Waals surface area (Å²) >= 11 is 0. The van der Waals surface area contributed by atoms with E-state index in [2.05, 4.69) is 37.8 Å². The van der Waals surface area contributed by atoms with E-state index in [0.29, 0.717) is 0 Å². The van der Waals surface area contributed by atoms with Gasteiger partial charge in [0.15, 0.2) is 0 Å². The summed E-state index contributed by atoms with van der Waals surface area (Å²) in [5.74, 6) is -3.16. The third-order valence-electron chi connectivity index (χ3n) is 3.97. The Bertz CT molecular complexity index is 741. The van der Waals surface area contributed by atoms with Crippen molar-refractivity contribution < 1.29 is 56.7 Å². The predicted molar refractivity (Wildman–Crippen MR) is 103 cm³/mol. The first-order chi connectivity index (χ1) is 13.4. The molecule has 12 heteroatoms. The Kier molecular flexibility index (Phi) is 11.6. The topological polar surface area (TPSA) is 158 Å². The van der Waals surface area contributed by atoms with Crippen molar-refractivity contribution in [3.8, 4) is 0 Å². The van der Waals surface area contributed by atoms with Crippen LogP contribution in [-0.4, -0.2) is 66.0 Å². The maximum Gasteiger partial charge on any atom is 0.242 e.